The van der Waals surface area contributed by atoms with Crippen LogP contribution in [0.1, 0.15) is 36.5 Å². The Morgan fingerprint density at radius 3 is 2.33 bits per heavy atom. The number of anilines is 1. The van der Waals surface area contributed by atoms with Gasteiger partial charge in [-0.15, -0.1) is 0 Å². The number of amides is 2. The molecule has 0 aliphatic carbocycles. The van der Waals surface area contributed by atoms with Gasteiger partial charge in [0, 0.05) is 42.5 Å². The van der Waals surface area contributed by atoms with Crippen molar-refractivity contribution in [3.8, 4) is 0 Å². The predicted octanol–water partition coefficient (Wildman–Crippen LogP) is 5.62. The summed E-state index contributed by atoms with van der Waals surface area (Å²) in [6, 6.07) is 20.9. The predicted molar refractivity (Wildman–Crippen MR) is 162 cm³/mol. The minimum Gasteiger partial charge on any atom is -0.355 e. The van der Waals surface area contributed by atoms with Gasteiger partial charge in [-0.2, -0.15) is 0 Å². The Morgan fingerprint density at radius 2 is 1.70 bits per heavy atom. The van der Waals surface area contributed by atoms with E-state index in [1.165, 1.54) is 9.21 Å². The highest BCUT2D eigenvalue weighted by molar-refractivity contribution is 7.92. The van der Waals surface area contributed by atoms with Crippen molar-refractivity contribution >= 4 is 50.7 Å². The number of halogens is 2. The maximum Gasteiger partial charge on any atom is 0.243 e. The summed E-state index contributed by atoms with van der Waals surface area (Å²) in [5, 5.41) is 3.71. The normalized spacial score (nSPS) is 12.0. The highest BCUT2D eigenvalue weighted by Gasteiger charge is 2.30. The first-order chi connectivity index (χ1) is 19.0. The van der Waals surface area contributed by atoms with E-state index in [0.717, 1.165) is 17.4 Å². The molecule has 0 saturated heterocycles. The summed E-state index contributed by atoms with van der Waals surface area (Å²) in [6.45, 7) is 4.34. The first-order valence-electron chi connectivity index (χ1n) is 13.1. The summed E-state index contributed by atoms with van der Waals surface area (Å²) < 4.78 is 26.5. The van der Waals surface area contributed by atoms with Gasteiger partial charge in [-0.05, 0) is 61.2 Å². The van der Waals surface area contributed by atoms with E-state index in [-0.39, 0.29) is 37.7 Å². The molecule has 10 heteroatoms. The Kier molecular flexibility index (Phi) is 11.4. The quantitative estimate of drug-likeness (QED) is 0.274. The van der Waals surface area contributed by atoms with Crippen molar-refractivity contribution in [2.24, 2.45) is 0 Å². The van der Waals surface area contributed by atoms with Crippen molar-refractivity contribution in [3.05, 3.63) is 99.5 Å². The zero-order valence-electron chi connectivity index (χ0n) is 22.9. The number of nitrogens with zero attached hydrogens (tertiary/aromatic N) is 2. The average Bonchev–Trinajstić information content (AvgIpc) is 2.89. The molecule has 0 aliphatic rings. The van der Waals surface area contributed by atoms with Gasteiger partial charge >= 0.3 is 0 Å². The van der Waals surface area contributed by atoms with Crippen LogP contribution in [0.2, 0.25) is 10.0 Å². The van der Waals surface area contributed by atoms with E-state index in [0.29, 0.717) is 34.3 Å². The number of sulfonamides is 1. The smallest absolute Gasteiger partial charge is 0.243 e. The average molecular weight is 605 g/mol. The number of hydrogen-bond donors (Lipinski definition) is 1. The molecule has 40 heavy (non-hydrogen) atoms. The summed E-state index contributed by atoms with van der Waals surface area (Å²) in [7, 11) is -3.57. The van der Waals surface area contributed by atoms with Crippen molar-refractivity contribution in [2.75, 3.05) is 23.7 Å². The molecule has 3 aromatic rings. The molecule has 0 bridgehead atoms. The third kappa shape index (κ3) is 8.98. The molecule has 2 amide bonds. The number of hydrogen-bond acceptors (Lipinski definition) is 4. The third-order valence-corrected chi connectivity index (χ3v) is 8.20. The Balaban J connectivity index is 1.89. The lowest BCUT2D eigenvalue weighted by molar-refractivity contribution is -0.141. The summed E-state index contributed by atoms with van der Waals surface area (Å²) in [4.78, 5) is 28.6. The Bertz CT molecular complexity index is 1420. The van der Waals surface area contributed by atoms with Crippen molar-refractivity contribution in [3.63, 3.8) is 0 Å². The molecule has 0 fully saturated rings. The molecule has 0 heterocycles. The number of rotatable bonds is 13. The van der Waals surface area contributed by atoms with Crippen LogP contribution in [0.4, 0.5) is 5.69 Å². The van der Waals surface area contributed by atoms with E-state index in [2.05, 4.69) is 5.32 Å². The van der Waals surface area contributed by atoms with E-state index in [4.69, 9.17) is 23.2 Å². The second kappa shape index (κ2) is 14.5. The molecule has 3 aromatic carbocycles. The Labute approximate surface area is 247 Å². The number of carbonyl (C=O) groups is 2. The Morgan fingerprint density at radius 1 is 0.975 bits per heavy atom. The highest BCUT2D eigenvalue weighted by Crippen LogP contribution is 2.25. The fourth-order valence-electron chi connectivity index (χ4n) is 4.47. The summed E-state index contributed by atoms with van der Waals surface area (Å²) >= 11 is 12.6. The van der Waals surface area contributed by atoms with Crippen LogP contribution >= 0.6 is 23.2 Å². The second-order valence-corrected chi connectivity index (χ2v) is 12.4. The van der Waals surface area contributed by atoms with E-state index in [9.17, 15) is 18.0 Å². The number of aryl methyl sites for hydroxylation is 1. The van der Waals surface area contributed by atoms with Crippen molar-refractivity contribution in [1.29, 1.82) is 0 Å². The van der Waals surface area contributed by atoms with E-state index in [1.54, 1.807) is 36.4 Å². The van der Waals surface area contributed by atoms with Gasteiger partial charge in [0.1, 0.15) is 6.04 Å². The zero-order chi connectivity index (χ0) is 29.3. The lowest BCUT2D eigenvalue weighted by Gasteiger charge is -2.32. The number of nitrogens with one attached hydrogen (secondary N) is 1. The minimum absolute atomic E-state index is 0.0355. The van der Waals surface area contributed by atoms with Crippen molar-refractivity contribution < 1.29 is 18.0 Å². The van der Waals surface area contributed by atoms with Crippen LogP contribution in [0.25, 0.3) is 0 Å². The topological polar surface area (TPSA) is 86.8 Å². The van der Waals surface area contributed by atoms with E-state index >= 15 is 0 Å². The molecule has 0 saturated carbocycles. The fourth-order valence-corrected chi connectivity index (χ4v) is 5.89. The summed E-state index contributed by atoms with van der Waals surface area (Å²) in [6.07, 6.45) is 1.76. The van der Waals surface area contributed by atoms with Gasteiger partial charge in [0.15, 0.2) is 0 Å². The van der Waals surface area contributed by atoms with Gasteiger partial charge in [-0.3, -0.25) is 13.9 Å². The Hall–Kier alpha value is -3.07. The van der Waals surface area contributed by atoms with Crippen LogP contribution in [0.5, 0.6) is 0 Å². The van der Waals surface area contributed by atoms with Crippen LogP contribution < -0.4 is 9.62 Å². The van der Waals surface area contributed by atoms with Crippen LogP contribution in [0.15, 0.2) is 72.8 Å². The van der Waals surface area contributed by atoms with Crippen LogP contribution in [0, 0.1) is 6.92 Å². The molecular weight excluding hydrogens is 569 g/mol. The molecule has 7 nitrogen and oxygen atoms in total. The number of likely N-dealkylation sites (N-methyl/N-ethyl adjacent to an activating group) is 1. The zero-order valence-corrected chi connectivity index (χ0v) is 25.3. The molecule has 0 aliphatic heterocycles. The fraction of sp³-hybridized carbons (Fsp3) is 0.333. The van der Waals surface area contributed by atoms with E-state index in [1.807, 2.05) is 50.2 Å². The standard InChI is InChI=1S/C30H35Cl2N3O4S/c1-4-33-30(37)28(19-23-11-6-5-7-12-23)34(21-24-15-16-25(31)20-27(24)32)29(36)14-9-17-35(40(3,38)39)26-13-8-10-22(2)18-26/h5-8,10-13,15-16,18,20,28H,4,9,14,17,19,21H2,1-3H3,(H,33,37)/t28-/m1/s1. The van der Waals surface area contributed by atoms with Gasteiger partial charge in [0.2, 0.25) is 21.8 Å². The third-order valence-electron chi connectivity index (χ3n) is 6.42. The lowest BCUT2D eigenvalue weighted by Crippen LogP contribution is -2.50. The molecule has 3 rings (SSSR count). The number of benzene rings is 3. The molecule has 0 aromatic heterocycles. The molecule has 0 unspecified atom stereocenters. The lowest BCUT2D eigenvalue weighted by atomic mass is 10.0. The van der Waals surface area contributed by atoms with Crippen LogP contribution in [0.3, 0.4) is 0 Å². The SMILES string of the molecule is CCNC(=O)[C@@H](Cc1ccccc1)N(Cc1ccc(Cl)cc1Cl)C(=O)CCCN(c1cccc(C)c1)S(C)(=O)=O. The van der Waals surface area contributed by atoms with Gasteiger partial charge in [-0.1, -0.05) is 71.7 Å². The van der Waals surface area contributed by atoms with Gasteiger partial charge in [-0.25, -0.2) is 8.42 Å². The van der Waals surface area contributed by atoms with Gasteiger partial charge in [0.05, 0.1) is 11.9 Å². The van der Waals surface area contributed by atoms with E-state index < -0.39 is 16.1 Å². The van der Waals surface area contributed by atoms with Crippen LogP contribution in [-0.2, 0) is 32.6 Å². The van der Waals surface area contributed by atoms with Gasteiger partial charge < -0.3 is 10.2 Å². The molecule has 1 atom stereocenters. The molecule has 0 radical (unpaired) electrons. The van der Waals surface area contributed by atoms with Crippen molar-refractivity contribution in [1.82, 2.24) is 10.2 Å². The first kappa shape index (κ1) is 31.5. The maximum absolute atomic E-state index is 13.8. The highest BCUT2D eigenvalue weighted by atomic mass is 35.5. The molecular formula is C30H35Cl2N3O4S. The van der Waals surface area contributed by atoms with Gasteiger partial charge in [0.25, 0.3) is 0 Å². The largest absolute Gasteiger partial charge is 0.355 e. The summed E-state index contributed by atoms with van der Waals surface area (Å²) in [5.74, 6) is -0.557. The monoisotopic (exact) mass is 603 g/mol. The molecule has 1 N–H and O–H groups in total. The molecule has 214 valence electrons. The minimum atomic E-state index is -3.57. The first-order valence-corrected chi connectivity index (χ1v) is 15.7. The second-order valence-electron chi connectivity index (χ2n) is 9.64. The summed E-state index contributed by atoms with van der Waals surface area (Å²) in [5.41, 5.74) is 3.03. The van der Waals surface area contributed by atoms with Crippen LogP contribution in [-0.4, -0.2) is 50.5 Å². The molecule has 0 spiro atoms. The number of carbonyl (C=O) groups excluding carboxylic acids is 2. The van der Waals surface area contributed by atoms with Crippen molar-refractivity contribution in [2.45, 2.75) is 45.7 Å². The maximum atomic E-state index is 13.8.